The largest absolute Gasteiger partial charge is 0.472 e. The van der Waals surface area contributed by atoms with E-state index < -0.39 is 11.7 Å². The molecule has 1 aromatic heterocycles. The molecular weight excluding hydrogens is 550 g/mol. The molecule has 0 atom stereocenters. The van der Waals surface area contributed by atoms with Crippen LogP contribution >= 0.6 is 15.9 Å². The fourth-order valence-corrected chi connectivity index (χ4v) is 4.19. The maximum Gasteiger partial charge on any atom is 0.407 e. The third-order valence-electron chi connectivity index (χ3n) is 5.71. The minimum absolute atomic E-state index is 0.215. The number of rotatable bonds is 9. The van der Waals surface area contributed by atoms with Crippen LogP contribution in [0.25, 0.3) is 0 Å². The molecule has 2 amide bonds. The molecule has 1 aliphatic rings. The summed E-state index contributed by atoms with van der Waals surface area (Å²) in [6.45, 7) is 7.13. The van der Waals surface area contributed by atoms with Crippen molar-refractivity contribution < 1.29 is 19.1 Å². The molecule has 2 heterocycles. The molecule has 0 saturated carbocycles. The number of alkyl carbamates (subject to hydrolysis) is 1. The molecular formula is C28H32BrN5O4. The topological polar surface area (TPSA) is 106 Å². The molecule has 2 N–H and O–H groups in total. The van der Waals surface area contributed by atoms with E-state index in [0.717, 1.165) is 28.7 Å². The van der Waals surface area contributed by atoms with Crippen molar-refractivity contribution in [2.45, 2.75) is 45.8 Å². The van der Waals surface area contributed by atoms with Crippen LogP contribution in [0.2, 0.25) is 0 Å². The average molecular weight is 582 g/mol. The fraction of sp³-hybridized carbons (Fsp3) is 0.357. The lowest BCUT2D eigenvalue weighted by Gasteiger charge is -2.19. The summed E-state index contributed by atoms with van der Waals surface area (Å²) in [4.78, 5) is 36.0. The van der Waals surface area contributed by atoms with E-state index >= 15 is 0 Å². The summed E-state index contributed by atoms with van der Waals surface area (Å²) in [6.07, 6.45) is 2.45. The first kappa shape index (κ1) is 27.4. The number of carbonyl (C=O) groups excluding carboxylic acids is 2. The number of hydrogen-bond donors (Lipinski definition) is 2. The van der Waals surface area contributed by atoms with Crippen molar-refractivity contribution in [2.75, 3.05) is 24.5 Å². The lowest BCUT2D eigenvalue weighted by atomic mass is 10.2. The molecule has 0 fully saturated rings. The molecule has 0 bridgehead atoms. The Labute approximate surface area is 231 Å². The molecule has 10 heteroatoms. The van der Waals surface area contributed by atoms with Gasteiger partial charge < -0.3 is 25.0 Å². The van der Waals surface area contributed by atoms with Crippen LogP contribution in [-0.4, -0.2) is 47.2 Å². The van der Waals surface area contributed by atoms with Gasteiger partial charge in [0.15, 0.2) is 0 Å². The van der Waals surface area contributed by atoms with Gasteiger partial charge in [0, 0.05) is 36.0 Å². The van der Waals surface area contributed by atoms with Gasteiger partial charge in [-0.25, -0.2) is 9.78 Å². The highest BCUT2D eigenvalue weighted by Gasteiger charge is 2.24. The molecule has 38 heavy (non-hydrogen) atoms. The van der Waals surface area contributed by atoms with E-state index in [1.807, 2.05) is 47.4 Å². The molecule has 0 unspecified atom stereocenters. The molecule has 0 aliphatic carbocycles. The number of para-hydroxylation sites is 1. The normalized spacial score (nSPS) is 12.6. The van der Waals surface area contributed by atoms with Crippen LogP contribution in [0.4, 0.5) is 16.4 Å². The van der Waals surface area contributed by atoms with Crippen molar-refractivity contribution in [3.63, 3.8) is 0 Å². The van der Waals surface area contributed by atoms with Crippen LogP contribution in [0.1, 0.15) is 48.7 Å². The van der Waals surface area contributed by atoms with Gasteiger partial charge in [-0.2, -0.15) is 4.98 Å². The van der Waals surface area contributed by atoms with E-state index in [0.29, 0.717) is 25.5 Å². The first-order valence-corrected chi connectivity index (χ1v) is 13.3. The quantitative estimate of drug-likeness (QED) is 0.336. The first-order valence-electron chi connectivity index (χ1n) is 12.5. The summed E-state index contributed by atoms with van der Waals surface area (Å²) in [7, 11) is 0. The second kappa shape index (κ2) is 12.3. The fourth-order valence-electron chi connectivity index (χ4n) is 3.92. The Balaban J connectivity index is 1.43. The number of nitrogens with zero attached hydrogens (tertiary/aromatic N) is 3. The lowest BCUT2D eigenvalue weighted by molar-refractivity contribution is 0.0527. The Morgan fingerprint density at radius 1 is 1.05 bits per heavy atom. The van der Waals surface area contributed by atoms with E-state index in [-0.39, 0.29) is 24.0 Å². The number of fused-ring (bicyclic) bond motifs is 1. The monoisotopic (exact) mass is 581 g/mol. The summed E-state index contributed by atoms with van der Waals surface area (Å²) in [5.74, 6) is 0.354. The Bertz CT molecular complexity index is 1280. The standard InChI is InChI=1S/C28H32BrN5O4/c1-28(2,3)38-27(36)31-15-6-14-30-24(35)22-17-32-26(34-16-13-20-7-4-5-8-23(20)34)33-25(22)37-18-19-9-11-21(29)12-10-19/h4-5,7-12,17H,6,13-16,18H2,1-3H3,(H,30,35)(H,31,36). The number of halogens is 1. The minimum atomic E-state index is -0.561. The number of hydrogen-bond acceptors (Lipinski definition) is 7. The highest BCUT2D eigenvalue weighted by Crippen LogP contribution is 2.33. The van der Waals surface area contributed by atoms with Crippen LogP contribution in [-0.2, 0) is 17.8 Å². The smallest absolute Gasteiger partial charge is 0.407 e. The average Bonchev–Trinajstić information content (AvgIpc) is 3.31. The Morgan fingerprint density at radius 2 is 1.79 bits per heavy atom. The third-order valence-corrected chi connectivity index (χ3v) is 6.24. The van der Waals surface area contributed by atoms with Gasteiger partial charge in [-0.05, 0) is 62.9 Å². The third kappa shape index (κ3) is 7.44. The highest BCUT2D eigenvalue weighted by atomic mass is 79.9. The molecule has 2 aromatic carbocycles. The zero-order valence-corrected chi connectivity index (χ0v) is 23.4. The van der Waals surface area contributed by atoms with Crippen LogP contribution in [0.5, 0.6) is 5.88 Å². The van der Waals surface area contributed by atoms with Crippen LogP contribution in [0, 0.1) is 0 Å². The van der Waals surface area contributed by atoms with Gasteiger partial charge in [0.25, 0.3) is 5.91 Å². The van der Waals surface area contributed by atoms with Crippen LogP contribution in [0.15, 0.2) is 59.2 Å². The van der Waals surface area contributed by atoms with Crippen molar-refractivity contribution >= 4 is 39.6 Å². The van der Waals surface area contributed by atoms with E-state index in [2.05, 4.69) is 42.6 Å². The number of benzene rings is 2. The summed E-state index contributed by atoms with van der Waals surface area (Å²) < 4.78 is 12.2. The molecule has 3 aromatic rings. The summed E-state index contributed by atoms with van der Waals surface area (Å²) in [5.41, 5.74) is 2.92. The first-order chi connectivity index (χ1) is 18.2. The van der Waals surface area contributed by atoms with Gasteiger partial charge in [-0.1, -0.05) is 46.3 Å². The second-order valence-electron chi connectivity index (χ2n) is 9.87. The Morgan fingerprint density at radius 3 is 2.55 bits per heavy atom. The number of aromatic nitrogens is 2. The molecule has 0 spiro atoms. The second-order valence-corrected chi connectivity index (χ2v) is 10.8. The molecule has 4 rings (SSSR count). The van der Waals surface area contributed by atoms with Crippen molar-refractivity contribution in [3.05, 3.63) is 75.9 Å². The molecule has 1 aliphatic heterocycles. The predicted octanol–water partition coefficient (Wildman–Crippen LogP) is 5.16. The van der Waals surface area contributed by atoms with Gasteiger partial charge in [0.05, 0.1) is 0 Å². The van der Waals surface area contributed by atoms with E-state index in [4.69, 9.17) is 9.47 Å². The van der Waals surface area contributed by atoms with E-state index in [9.17, 15) is 9.59 Å². The highest BCUT2D eigenvalue weighted by molar-refractivity contribution is 9.10. The number of carbonyl (C=O) groups is 2. The Hall–Kier alpha value is -3.66. The molecule has 0 radical (unpaired) electrons. The maximum atomic E-state index is 13.0. The number of amides is 2. The summed E-state index contributed by atoms with van der Waals surface area (Å²) in [5, 5.41) is 5.54. The van der Waals surface area contributed by atoms with Crippen LogP contribution in [0.3, 0.4) is 0 Å². The molecule has 9 nitrogen and oxygen atoms in total. The van der Waals surface area contributed by atoms with Gasteiger partial charge >= 0.3 is 6.09 Å². The summed E-state index contributed by atoms with van der Waals surface area (Å²) in [6, 6.07) is 15.9. The predicted molar refractivity (Wildman–Crippen MR) is 149 cm³/mol. The van der Waals surface area contributed by atoms with Gasteiger partial charge in [-0.15, -0.1) is 0 Å². The number of ether oxygens (including phenoxy) is 2. The van der Waals surface area contributed by atoms with E-state index in [1.165, 1.54) is 11.8 Å². The zero-order valence-electron chi connectivity index (χ0n) is 21.8. The molecule has 0 saturated heterocycles. The van der Waals surface area contributed by atoms with Crippen molar-refractivity contribution in [1.29, 1.82) is 0 Å². The van der Waals surface area contributed by atoms with Gasteiger partial charge in [0.2, 0.25) is 11.8 Å². The molecule has 200 valence electrons. The lowest BCUT2D eigenvalue weighted by Crippen LogP contribution is -2.34. The van der Waals surface area contributed by atoms with Gasteiger partial charge in [0.1, 0.15) is 17.8 Å². The van der Waals surface area contributed by atoms with Crippen molar-refractivity contribution in [2.24, 2.45) is 0 Å². The van der Waals surface area contributed by atoms with Gasteiger partial charge in [-0.3, -0.25) is 4.79 Å². The maximum absolute atomic E-state index is 13.0. The van der Waals surface area contributed by atoms with Crippen molar-refractivity contribution in [1.82, 2.24) is 20.6 Å². The zero-order chi connectivity index (χ0) is 27.1. The van der Waals surface area contributed by atoms with Crippen molar-refractivity contribution in [3.8, 4) is 5.88 Å². The number of anilines is 2. The van der Waals surface area contributed by atoms with E-state index in [1.54, 1.807) is 20.8 Å². The minimum Gasteiger partial charge on any atom is -0.472 e. The summed E-state index contributed by atoms with van der Waals surface area (Å²) >= 11 is 3.44. The number of nitrogens with one attached hydrogen (secondary N) is 2. The Kier molecular flexibility index (Phi) is 8.83. The van der Waals surface area contributed by atoms with Crippen LogP contribution < -0.4 is 20.3 Å². The SMILES string of the molecule is CC(C)(C)OC(=O)NCCCNC(=O)c1cnc(N2CCc3ccccc32)nc1OCc1ccc(Br)cc1.